The summed E-state index contributed by atoms with van der Waals surface area (Å²) < 4.78 is 23.6. The molecule has 236 valence electrons. The first-order valence-electron chi connectivity index (χ1n) is 14.0. The van der Waals surface area contributed by atoms with Crippen molar-refractivity contribution >= 4 is 23.0 Å². The van der Waals surface area contributed by atoms with Crippen LogP contribution in [0.25, 0.3) is 28.4 Å². The smallest absolute Gasteiger partial charge is 0.244 e. The maximum absolute atomic E-state index is 13.5. The van der Waals surface area contributed by atoms with Crippen molar-refractivity contribution < 1.29 is 54.1 Å². The molecule has 1 aromatic heterocycles. The fraction of sp³-hybridized carbons (Fsp3) is 0.250. The molecule has 4 aromatic rings. The van der Waals surface area contributed by atoms with Crippen LogP contribution in [0.3, 0.4) is 0 Å². The van der Waals surface area contributed by atoms with Crippen LogP contribution < -0.4 is 15.5 Å². The molecule has 2 unspecified atom stereocenters. The maximum Gasteiger partial charge on any atom is 0.244 e. The highest BCUT2D eigenvalue weighted by Crippen LogP contribution is 2.39. The molecule has 13 nitrogen and oxygen atoms in total. The highest BCUT2D eigenvalue weighted by molar-refractivity contribution is 5.91. The molecule has 0 spiro atoms. The SMILES string of the molecule is O=C(/C=C/c1ccc(O)c(O)c1)NCCOCC1CCCC(Oc2c(-c3ccc(O)c(O)c3)oc3cc(O)cc(O)c3c2=O)O1. The van der Waals surface area contributed by atoms with Gasteiger partial charge < -0.3 is 54.6 Å². The molecule has 2 heterocycles. The van der Waals surface area contributed by atoms with Crippen molar-refractivity contribution in [3.63, 3.8) is 0 Å². The Morgan fingerprint density at radius 1 is 0.911 bits per heavy atom. The number of phenolic OH excluding ortho intramolecular Hbond substituents is 6. The molecule has 0 aliphatic carbocycles. The van der Waals surface area contributed by atoms with Crippen molar-refractivity contribution in [3.05, 3.63) is 70.4 Å². The Bertz CT molecular complexity index is 1800. The lowest BCUT2D eigenvalue weighted by molar-refractivity contribution is -0.164. The second-order valence-corrected chi connectivity index (χ2v) is 10.3. The number of amides is 1. The zero-order valence-corrected chi connectivity index (χ0v) is 23.8. The summed E-state index contributed by atoms with van der Waals surface area (Å²) in [7, 11) is 0. The van der Waals surface area contributed by atoms with E-state index < -0.39 is 23.2 Å². The van der Waals surface area contributed by atoms with E-state index in [0.717, 1.165) is 12.1 Å². The van der Waals surface area contributed by atoms with Crippen LogP contribution in [0.5, 0.6) is 40.2 Å². The third-order valence-electron chi connectivity index (χ3n) is 6.99. The van der Waals surface area contributed by atoms with Gasteiger partial charge in [0.1, 0.15) is 22.5 Å². The van der Waals surface area contributed by atoms with E-state index in [1.807, 2.05) is 0 Å². The topological polar surface area (TPSA) is 208 Å². The second-order valence-electron chi connectivity index (χ2n) is 10.3. The first-order chi connectivity index (χ1) is 21.6. The molecule has 1 fully saturated rings. The quantitative estimate of drug-likeness (QED) is 0.0766. The minimum absolute atomic E-state index is 0.109. The summed E-state index contributed by atoms with van der Waals surface area (Å²) in [5, 5.41) is 61.5. The molecule has 1 saturated heterocycles. The number of hydrogen-bond acceptors (Lipinski definition) is 12. The molecule has 1 aliphatic rings. The van der Waals surface area contributed by atoms with Gasteiger partial charge in [0.25, 0.3) is 0 Å². The van der Waals surface area contributed by atoms with Crippen molar-refractivity contribution in [3.8, 4) is 51.6 Å². The van der Waals surface area contributed by atoms with E-state index in [1.54, 1.807) is 6.07 Å². The number of nitrogens with one attached hydrogen (secondary N) is 1. The Hall–Kier alpha value is -5.40. The third-order valence-corrected chi connectivity index (χ3v) is 6.99. The summed E-state index contributed by atoms with van der Waals surface area (Å²) in [5.41, 5.74) is -0.125. The predicted octanol–water partition coefficient (Wildman–Crippen LogP) is 3.81. The number of rotatable bonds is 10. The average molecular weight is 622 g/mol. The van der Waals surface area contributed by atoms with Crippen molar-refractivity contribution in [2.24, 2.45) is 0 Å². The zero-order chi connectivity index (χ0) is 32.1. The van der Waals surface area contributed by atoms with Crippen LogP contribution in [0.15, 0.2) is 63.8 Å². The van der Waals surface area contributed by atoms with Gasteiger partial charge in [-0.3, -0.25) is 9.59 Å². The molecule has 7 N–H and O–H groups in total. The summed E-state index contributed by atoms with van der Waals surface area (Å²) in [6.07, 6.45) is 3.26. The fourth-order valence-electron chi connectivity index (χ4n) is 4.77. The molecule has 13 heteroatoms. The lowest BCUT2D eigenvalue weighted by Crippen LogP contribution is -2.36. The largest absolute Gasteiger partial charge is 0.508 e. The Kier molecular flexibility index (Phi) is 9.31. The molecule has 2 atom stereocenters. The maximum atomic E-state index is 13.5. The van der Waals surface area contributed by atoms with E-state index >= 15 is 0 Å². The van der Waals surface area contributed by atoms with Gasteiger partial charge in [0.05, 0.1) is 19.3 Å². The lowest BCUT2D eigenvalue weighted by atomic mass is 10.1. The highest BCUT2D eigenvalue weighted by Gasteiger charge is 2.28. The molecule has 5 rings (SSSR count). The summed E-state index contributed by atoms with van der Waals surface area (Å²) >= 11 is 0. The van der Waals surface area contributed by atoms with E-state index in [2.05, 4.69) is 5.32 Å². The molecule has 1 amide bonds. The van der Waals surface area contributed by atoms with Gasteiger partial charge >= 0.3 is 0 Å². The normalized spacial score (nSPS) is 16.6. The first-order valence-corrected chi connectivity index (χ1v) is 14.0. The van der Waals surface area contributed by atoms with Gasteiger partial charge in [-0.25, -0.2) is 0 Å². The second kappa shape index (κ2) is 13.5. The number of benzene rings is 3. The van der Waals surface area contributed by atoms with Gasteiger partial charge in [0, 0.05) is 36.7 Å². The van der Waals surface area contributed by atoms with Crippen LogP contribution in [0.4, 0.5) is 0 Å². The number of carbonyl (C=O) groups is 1. The Balaban J connectivity index is 1.21. The molecular formula is C32H31NO12. The lowest BCUT2D eigenvalue weighted by Gasteiger charge is -2.30. The monoisotopic (exact) mass is 621 g/mol. The minimum Gasteiger partial charge on any atom is -0.508 e. The van der Waals surface area contributed by atoms with Gasteiger partial charge in [-0.15, -0.1) is 0 Å². The summed E-state index contributed by atoms with van der Waals surface area (Å²) in [6.45, 7) is 0.597. The molecule has 3 aromatic carbocycles. The third kappa shape index (κ3) is 7.40. The number of ether oxygens (including phenoxy) is 3. The van der Waals surface area contributed by atoms with Gasteiger partial charge in [-0.05, 0) is 54.8 Å². The van der Waals surface area contributed by atoms with Gasteiger partial charge in [-0.2, -0.15) is 0 Å². The zero-order valence-electron chi connectivity index (χ0n) is 23.8. The molecule has 0 saturated carbocycles. The van der Waals surface area contributed by atoms with E-state index in [4.69, 9.17) is 18.6 Å². The Morgan fingerprint density at radius 2 is 1.67 bits per heavy atom. The van der Waals surface area contributed by atoms with Crippen molar-refractivity contribution in [1.82, 2.24) is 5.32 Å². The van der Waals surface area contributed by atoms with Crippen molar-refractivity contribution in [1.29, 1.82) is 0 Å². The van der Waals surface area contributed by atoms with Gasteiger partial charge in [0.15, 0.2) is 28.8 Å². The first kappa shape index (κ1) is 31.0. The number of aromatic hydroxyl groups is 6. The van der Waals surface area contributed by atoms with Crippen LogP contribution in [0, 0.1) is 0 Å². The Morgan fingerprint density at radius 3 is 2.42 bits per heavy atom. The summed E-state index contributed by atoms with van der Waals surface area (Å²) in [6, 6.07) is 10.1. The van der Waals surface area contributed by atoms with Gasteiger partial charge in [0.2, 0.25) is 23.4 Å². The molecule has 1 aliphatic heterocycles. The van der Waals surface area contributed by atoms with E-state index in [-0.39, 0.29) is 82.8 Å². The standard InChI is InChI=1S/C32H31NO12/c34-19-14-25(39)29-26(15-19)44-31(18-6-8-22(36)24(38)13-18)32(30(29)41)45-28-3-1-2-20(43-28)16-42-11-10-33-27(40)9-5-17-4-7-21(35)23(37)12-17/h4-9,12-15,20,28,34-39H,1-3,10-11,16H2,(H,33,40)/b9-5+. The number of fused-ring (bicyclic) bond motifs is 1. The van der Waals surface area contributed by atoms with Crippen LogP contribution in [-0.4, -0.2) is 68.7 Å². The van der Waals surface area contributed by atoms with Crippen LogP contribution >= 0.6 is 0 Å². The molecule has 0 radical (unpaired) electrons. The number of hydrogen-bond donors (Lipinski definition) is 7. The van der Waals surface area contributed by atoms with E-state index in [9.17, 15) is 40.2 Å². The molecular weight excluding hydrogens is 590 g/mol. The average Bonchev–Trinajstić information content (AvgIpc) is 3.00. The van der Waals surface area contributed by atoms with Crippen LogP contribution in [-0.2, 0) is 14.3 Å². The predicted molar refractivity (Wildman–Crippen MR) is 160 cm³/mol. The molecule has 45 heavy (non-hydrogen) atoms. The Labute approximate surface area is 255 Å². The van der Waals surface area contributed by atoms with Gasteiger partial charge in [-0.1, -0.05) is 6.07 Å². The van der Waals surface area contributed by atoms with Crippen molar-refractivity contribution in [2.75, 3.05) is 19.8 Å². The number of carbonyl (C=O) groups excluding carboxylic acids is 1. The van der Waals surface area contributed by atoms with E-state index in [1.165, 1.54) is 42.5 Å². The number of phenols is 6. The van der Waals surface area contributed by atoms with E-state index in [0.29, 0.717) is 24.8 Å². The minimum atomic E-state index is -0.888. The highest BCUT2D eigenvalue weighted by atomic mass is 16.7. The summed E-state index contributed by atoms with van der Waals surface area (Å²) in [5.74, 6) is -3.01. The fourth-order valence-corrected chi connectivity index (χ4v) is 4.77. The molecule has 0 bridgehead atoms. The van der Waals surface area contributed by atoms with Crippen molar-refractivity contribution in [2.45, 2.75) is 31.7 Å². The van der Waals surface area contributed by atoms with Crippen LogP contribution in [0.1, 0.15) is 24.8 Å². The summed E-state index contributed by atoms with van der Waals surface area (Å²) in [4.78, 5) is 25.6. The van der Waals surface area contributed by atoms with Crippen LogP contribution in [0.2, 0.25) is 0 Å².